The zero-order valence-corrected chi connectivity index (χ0v) is 14.5. The zero-order valence-electron chi connectivity index (χ0n) is 13.6. The van der Waals surface area contributed by atoms with Crippen LogP contribution < -0.4 is 10.6 Å². The van der Waals surface area contributed by atoms with Gasteiger partial charge in [-0.1, -0.05) is 26.0 Å². The van der Waals surface area contributed by atoms with Gasteiger partial charge in [0, 0.05) is 11.3 Å². The van der Waals surface area contributed by atoms with E-state index in [4.69, 9.17) is 12.2 Å². The Kier molecular flexibility index (Phi) is 5.79. The van der Waals surface area contributed by atoms with Crippen molar-refractivity contribution in [2.24, 2.45) is 0 Å². The molecule has 2 aromatic carbocycles. The fraction of sp³-hybridized carbons (Fsp3) is 0.222. The van der Waals surface area contributed by atoms with E-state index >= 15 is 0 Å². The molecule has 0 radical (unpaired) electrons. The van der Waals surface area contributed by atoms with Gasteiger partial charge >= 0.3 is 6.18 Å². The van der Waals surface area contributed by atoms with Gasteiger partial charge in [0.25, 0.3) is 5.91 Å². The Hall–Kier alpha value is -2.41. The average Bonchev–Trinajstić information content (AvgIpc) is 2.54. The molecule has 2 rings (SSSR count). The number of rotatable bonds is 3. The molecule has 0 spiro atoms. The van der Waals surface area contributed by atoms with Gasteiger partial charge < -0.3 is 5.32 Å². The summed E-state index contributed by atoms with van der Waals surface area (Å²) in [5, 5.41) is 5.38. The van der Waals surface area contributed by atoms with Crippen LogP contribution in [0.3, 0.4) is 0 Å². The number of benzene rings is 2. The number of anilines is 1. The van der Waals surface area contributed by atoms with E-state index in [1.807, 2.05) is 24.3 Å². The molecule has 0 aliphatic heterocycles. The number of halogens is 3. The van der Waals surface area contributed by atoms with Gasteiger partial charge in [-0.05, 0) is 60.1 Å². The van der Waals surface area contributed by atoms with E-state index in [0.29, 0.717) is 11.6 Å². The summed E-state index contributed by atoms with van der Waals surface area (Å²) in [5.74, 6) is -0.176. The lowest BCUT2D eigenvalue weighted by atomic mass is 10.0. The number of hydrogen-bond acceptors (Lipinski definition) is 2. The maximum absolute atomic E-state index is 12.5. The molecule has 0 atom stereocenters. The quantitative estimate of drug-likeness (QED) is 0.755. The van der Waals surface area contributed by atoms with Crippen LogP contribution in [0, 0.1) is 0 Å². The van der Waals surface area contributed by atoms with Crippen LogP contribution >= 0.6 is 12.2 Å². The van der Waals surface area contributed by atoms with E-state index in [9.17, 15) is 18.0 Å². The third kappa shape index (κ3) is 5.29. The lowest BCUT2D eigenvalue weighted by Gasteiger charge is -2.12. The number of nitrogens with one attached hydrogen (secondary N) is 2. The SMILES string of the molecule is CC(C)c1ccc(NC(=S)NC(=O)c2ccc(C(F)(F)F)cc2)cc1. The Labute approximate surface area is 149 Å². The largest absolute Gasteiger partial charge is 0.416 e. The van der Waals surface area contributed by atoms with Crippen molar-refractivity contribution in [1.82, 2.24) is 5.32 Å². The van der Waals surface area contributed by atoms with Gasteiger partial charge in [0.15, 0.2) is 5.11 Å². The first-order chi connectivity index (χ1) is 11.7. The summed E-state index contributed by atoms with van der Waals surface area (Å²) in [4.78, 5) is 12.0. The zero-order chi connectivity index (χ0) is 18.6. The summed E-state index contributed by atoms with van der Waals surface area (Å²) in [6.07, 6.45) is -4.44. The van der Waals surface area contributed by atoms with Crippen LogP contribution in [0.2, 0.25) is 0 Å². The van der Waals surface area contributed by atoms with E-state index in [0.717, 1.165) is 24.3 Å². The molecule has 0 aromatic heterocycles. The van der Waals surface area contributed by atoms with Crippen molar-refractivity contribution in [3.63, 3.8) is 0 Å². The number of thiocarbonyl (C=S) groups is 1. The van der Waals surface area contributed by atoms with Gasteiger partial charge in [0.1, 0.15) is 0 Å². The first-order valence-corrected chi connectivity index (χ1v) is 7.97. The number of alkyl halides is 3. The van der Waals surface area contributed by atoms with E-state index in [-0.39, 0.29) is 10.7 Å². The molecule has 132 valence electrons. The number of amides is 1. The molecule has 2 aromatic rings. The first kappa shape index (κ1) is 18.9. The summed E-state index contributed by atoms with van der Waals surface area (Å²) >= 11 is 5.06. The minimum absolute atomic E-state index is 0.0715. The molecule has 0 heterocycles. The van der Waals surface area contributed by atoms with Crippen LogP contribution in [0.4, 0.5) is 18.9 Å². The molecule has 2 N–H and O–H groups in total. The minimum Gasteiger partial charge on any atom is -0.332 e. The molecule has 0 bridgehead atoms. The van der Waals surface area contributed by atoms with Crippen molar-refractivity contribution in [1.29, 1.82) is 0 Å². The normalized spacial score (nSPS) is 11.3. The highest BCUT2D eigenvalue weighted by atomic mass is 32.1. The second-order valence-electron chi connectivity index (χ2n) is 5.76. The van der Waals surface area contributed by atoms with Crippen molar-refractivity contribution >= 4 is 28.9 Å². The van der Waals surface area contributed by atoms with Gasteiger partial charge in [-0.2, -0.15) is 13.2 Å². The third-order valence-corrected chi connectivity index (χ3v) is 3.74. The second kappa shape index (κ2) is 7.65. The molecule has 7 heteroatoms. The molecule has 0 saturated carbocycles. The van der Waals surface area contributed by atoms with Crippen LogP contribution in [0.1, 0.15) is 41.3 Å². The monoisotopic (exact) mass is 366 g/mol. The summed E-state index contributed by atoms with van der Waals surface area (Å²) in [6, 6.07) is 11.5. The first-order valence-electron chi connectivity index (χ1n) is 7.56. The van der Waals surface area contributed by atoms with E-state index in [1.54, 1.807) is 0 Å². The van der Waals surface area contributed by atoms with E-state index in [2.05, 4.69) is 24.5 Å². The Bertz CT molecular complexity index is 753. The third-order valence-electron chi connectivity index (χ3n) is 3.54. The van der Waals surface area contributed by atoms with Crippen LogP contribution in [0.5, 0.6) is 0 Å². The molecule has 0 saturated heterocycles. The lowest BCUT2D eigenvalue weighted by molar-refractivity contribution is -0.137. The molecule has 25 heavy (non-hydrogen) atoms. The van der Waals surface area contributed by atoms with Crippen molar-refractivity contribution in [2.75, 3.05) is 5.32 Å². The number of carbonyl (C=O) groups excluding carboxylic acids is 1. The second-order valence-corrected chi connectivity index (χ2v) is 6.17. The van der Waals surface area contributed by atoms with E-state index in [1.165, 1.54) is 5.56 Å². The molecular formula is C18H17F3N2OS. The van der Waals surface area contributed by atoms with Crippen molar-refractivity contribution < 1.29 is 18.0 Å². The smallest absolute Gasteiger partial charge is 0.332 e. The molecule has 0 unspecified atom stereocenters. The topological polar surface area (TPSA) is 41.1 Å². The predicted octanol–water partition coefficient (Wildman–Crippen LogP) is 4.96. The van der Waals surface area contributed by atoms with Crippen LogP contribution in [0.15, 0.2) is 48.5 Å². The fourth-order valence-electron chi connectivity index (χ4n) is 2.10. The Morgan fingerprint density at radius 2 is 1.56 bits per heavy atom. The highest BCUT2D eigenvalue weighted by molar-refractivity contribution is 7.80. The highest BCUT2D eigenvalue weighted by Crippen LogP contribution is 2.29. The Morgan fingerprint density at radius 1 is 1.00 bits per heavy atom. The summed E-state index contributed by atoms with van der Waals surface area (Å²) in [7, 11) is 0. The molecule has 0 fully saturated rings. The van der Waals surface area contributed by atoms with Gasteiger partial charge in [-0.15, -0.1) is 0 Å². The number of carbonyl (C=O) groups is 1. The molecule has 1 amide bonds. The lowest BCUT2D eigenvalue weighted by Crippen LogP contribution is -2.34. The molecule has 0 aliphatic carbocycles. The van der Waals surface area contributed by atoms with Gasteiger partial charge in [0.2, 0.25) is 0 Å². The summed E-state index contributed by atoms with van der Waals surface area (Å²) in [6.45, 7) is 4.16. The summed E-state index contributed by atoms with van der Waals surface area (Å²) in [5.41, 5.74) is 1.16. The van der Waals surface area contributed by atoms with Crippen LogP contribution in [-0.2, 0) is 6.18 Å². The average molecular weight is 366 g/mol. The Morgan fingerprint density at radius 3 is 2.04 bits per heavy atom. The van der Waals surface area contributed by atoms with Crippen LogP contribution in [-0.4, -0.2) is 11.0 Å². The summed E-state index contributed by atoms with van der Waals surface area (Å²) < 4.78 is 37.6. The van der Waals surface area contributed by atoms with Gasteiger partial charge in [0.05, 0.1) is 5.56 Å². The van der Waals surface area contributed by atoms with Crippen molar-refractivity contribution in [2.45, 2.75) is 25.9 Å². The minimum atomic E-state index is -4.44. The standard InChI is InChI=1S/C18H17F3N2OS/c1-11(2)12-5-9-15(10-6-12)22-17(25)23-16(24)13-3-7-14(8-4-13)18(19,20)21/h3-11H,1-2H3,(H2,22,23,24,25). The molecular weight excluding hydrogens is 349 g/mol. The maximum Gasteiger partial charge on any atom is 0.416 e. The van der Waals surface area contributed by atoms with Crippen LogP contribution in [0.25, 0.3) is 0 Å². The van der Waals surface area contributed by atoms with E-state index < -0.39 is 17.6 Å². The molecule has 3 nitrogen and oxygen atoms in total. The fourth-order valence-corrected chi connectivity index (χ4v) is 2.31. The van der Waals surface area contributed by atoms with Crippen molar-refractivity contribution in [3.8, 4) is 0 Å². The van der Waals surface area contributed by atoms with Gasteiger partial charge in [-0.3, -0.25) is 10.1 Å². The van der Waals surface area contributed by atoms with Crippen molar-refractivity contribution in [3.05, 3.63) is 65.2 Å². The number of hydrogen-bond donors (Lipinski definition) is 2. The highest BCUT2D eigenvalue weighted by Gasteiger charge is 2.30. The Balaban J connectivity index is 1.96. The van der Waals surface area contributed by atoms with Gasteiger partial charge in [-0.25, -0.2) is 0 Å². The molecule has 0 aliphatic rings. The maximum atomic E-state index is 12.5. The predicted molar refractivity (Wildman–Crippen MR) is 95.7 cm³/mol.